The van der Waals surface area contributed by atoms with Crippen LogP contribution in [0.4, 0.5) is 5.69 Å². The minimum atomic E-state index is -0.870. The number of aliphatic hydroxyl groups excluding tert-OH is 1. The van der Waals surface area contributed by atoms with Gasteiger partial charge < -0.3 is 15.9 Å². The minimum Gasteiger partial charge on any atom is -0.506 e. The number of aromatic hydroxyl groups is 1. The Kier molecular flexibility index (Phi) is 8.17. The van der Waals surface area contributed by atoms with Crippen LogP contribution in [0, 0.1) is 16.0 Å². The second kappa shape index (κ2) is 8.53. The third-order valence-corrected chi connectivity index (χ3v) is 3.71. The molecule has 0 saturated heterocycles. The maximum Gasteiger partial charge on any atom is 0.271 e. The number of nitro benzene ring substituents is 1. The Balaban J connectivity index is 0.00000400. The van der Waals surface area contributed by atoms with Gasteiger partial charge in [0.1, 0.15) is 5.75 Å². The van der Waals surface area contributed by atoms with Crippen LogP contribution >= 0.6 is 28.3 Å². The zero-order valence-corrected chi connectivity index (χ0v) is 14.2. The van der Waals surface area contributed by atoms with Gasteiger partial charge in [-0.2, -0.15) is 0 Å². The van der Waals surface area contributed by atoms with Gasteiger partial charge >= 0.3 is 0 Å². The summed E-state index contributed by atoms with van der Waals surface area (Å²) in [6.45, 7) is 4.05. The van der Waals surface area contributed by atoms with E-state index in [0.717, 1.165) is 6.42 Å². The third kappa shape index (κ3) is 5.43. The molecule has 0 aliphatic heterocycles. The van der Waals surface area contributed by atoms with Crippen LogP contribution in [0.3, 0.4) is 0 Å². The van der Waals surface area contributed by atoms with E-state index in [4.69, 9.17) is 5.73 Å². The summed E-state index contributed by atoms with van der Waals surface area (Å²) < 4.78 is 0.188. The van der Waals surface area contributed by atoms with E-state index < -0.39 is 17.1 Å². The summed E-state index contributed by atoms with van der Waals surface area (Å²) >= 11 is 3.05. The molecule has 0 amide bonds. The number of phenols is 1. The monoisotopic (exact) mass is 382 g/mol. The Hall–Kier alpha value is -0.890. The topological polar surface area (TPSA) is 110 Å². The van der Waals surface area contributed by atoms with Crippen LogP contribution in [-0.2, 0) is 0 Å². The summed E-state index contributed by atoms with van der Waals surface area (Å²) in [6.07, 6.45) is 0.391. The minimum absolute atomic E-state index is 0. The van der Waals surface area contributed by atoms with Gasteiger partial charge in [-0.3, -0.25) is 10.1 Å². The average molecular weight is 384 g/mol. The van der Waals surface area contributed by atoms with E-state index >= 15 is 0 Å². The van der Waals surface area contributed by atoms with E-state index in [0.29, 0.717) is 12.3 Å². The van der Waals surface area contributed by atoms with Gasteiger partial charge in [0.2, 0.25) is 0 Å². The zero-order valence-electron chi connectivity index (χ0n) is 11.8. The van der Waals surface area contributed by atoms with Crippen molar-refractivity contribution in [3.63, 3.8) is 0 Å². The first-order chi connectivity index (χ1) is 9.23. The highest BCUT2D eigenvalue weighted by Crippen LogP contribution is 2.36. The summed E-state index contributed by atoms with van der Waals surface area (Å²) in [4.78, 5) is 10.3. The molecule has 1 rings (SSSR count). The third-order valence-electron chi connectivity index (χ3n) is 3.10. The molecule has 21 heavy (non-hydrogen) atoms. The number of nitro groups is 1. The lowest BCUT2D eigenvalue weighted by atomic mass is 9.95. The number of nitrogens with two attached hydrogens (primary N) is 1. The molecule has 0 heterocycles. The van der Waals surface area contributed by atoms with Crippen LogP contribution in [0.15, 0.2) is 16.6 Å². The van der Waals surface area contributed by atoms with Crippen molar-refractivity contribution in [2.75, 3.05) is 0 Å². The molecule has 0 fully saturated rings. The van der Waals surface area contributed by atoms with Crippen LogP contribution in [0.25, 0.3) is 0 Å². The number of hydrogen-bond acceptors (Lipinski definition) is 5. The lowest BCUT2D eigenvalue weighted by Gasteiger charge is -2.21. The molecule has 0 unspecified atom stereocenters. The summed E-state index contributed by atoms with van der Waals surface area (Å²) in [7, 11) is 0. The summed E-state index contributed by atoms with van der Waals surface area (Å²) in [6, 6.07) is 1.53. The normalized spacial score (nSPS) is 13.6. The highest BCUT2D eigenvalue weighted by atomic mass is 79.9. The second-order valence-corrected chi connectivity index (χ2v) is 6.04. The fourth-order valence-corrected chi connectivity index (χ4v) is 2.32. The van der Waals surface area contributed by atoms with Gasteiger partial charge in [-0.25, -0.2) is 0 Å². The van der Waals surface area contributed by atoms with E-state index in [1.165, 1.54) is 12.1 Å². The van der Waals surface area contributed by atoms with Crippen LogP contribution in [-0.4, -0.2) is 21.2 Å². The first kappa shape index (κ1) is 20.1. The van der Waals surface area contributed by atoms with Gasteiger partial charge in [-0.05, 0) is 34.7 Å². The number of phenolic OH excluding ortho intramolecular Hbond substituents is 1. The molecule has 1 aromatic rings. The predicted molar refractivity (Wildman–Crippen MR) is 86.7 cm³/mol. The molecule has 0 saturated carbocycles. The quantitative estimate of drug-likeness (QED) is 0.516. The largest absolute Gasteiger partial charge is 0.506 e. The van der Waals surface area contributed by atoms with E-state index in [9.17, 15) is 20.3 Å². The SMILES string of the molecule is CC(C)CC[C@@H](O)[C@@H](N)c1cc([N+](=O)[O-])cc(Br)c1O.Cl. The number of rotatable bonds is 6. The van der Waals surface area contributed by atoms with Crippen molar-refractivity contribution in [3.05, 3.63) is 32.3 Å². The van der Waals surface area contributed by atoms with E-state index in [-0.39, 0.29) is 33.9 Å². The Morgan fingerprint density at radius 2 is 1.95 bits per heavy atom. The van der Waals surface area contributed by atoms with Gasteiger partial charge in [-0.1, -0.05) is 13.8 Å². The highest BCUT2D eigenvalue weighted by molar-refractivity contribution is 9.10. The van der Waals surface area contributed by atoms with Crippen LogP contribution < -0.4 is 5.73 Å². The number of hydrogen-bond donors (Lipinski definition) is 3. The summed E-state index contributed by atoms with van der Waals surface area (Å²) in [5, 5.41) is 30.8. The number of nitrogens with zero attached hydrogens (tertiary/aromatic N) is 1. The van der Waals surface area contributed by atoms with Gasteiger partial charge in [0, 0.05) is 17.7 Å². The van der Waals surface area contributed by atoms with Crippen molar-refractivity contribution in [1.82, 2.24) is 0 Å². The second-order valence-electron chi connectivity index (χ2n) is 5.19. The van der Waals surface area contributed by atoms with Crippen molar-refractivity contribution >= 4 is 34.0 Å². The van der Waals surface area contributed by atoms with Crippen LogP contribution in [0.5, 0.6) is 5.75 Å². The van der Waals surface area contributed by atoms with Crippen molar-refractivity contribution in [2.45, 2.75) is 38.8 Å². The molecular weight excluding hydrogens is 364 g/mol. The van der Waals surface area contributed by atoms with Gasteiger partial charge in [0.25, 0.3) is 5.69 Å². The molecule has 8 heteroatoms. The first-order valence-corrected chi connectivity index (χ1v) is 7.13. The van der Waals surface area contributed by atoms with Crippen molar-refractivity contribution < 1.29 is 15.1 Å². The lowest BCUT2D eigenvalue weighted by molar-refractivity contribution is -0.385. The fourth-order valence-electron chi connectivity index (χ4n) is 1.86. The molecule has 0 bridgehead atoms. The van der Waals surface area contributed by atoms with E-state index in [2.05, 4.69) is 15.9 Å². The van der Waals surface area contributed by atoms with Crippen molar-refractivity contribution in [1.29, 1.82) is 0 Å². The maximum absolute atomic E-state index is 10.8. The van der Waals surface area contributed by atoms with E-state index in [1.807, 2.05) is 13.8 Å². The Bertz CT molecular complexity index is 499. The van der Waals surface area contributed by atoms with Gasteiger partial charge in [-0.15, -0.1) is 12.4 Å². The van der Waals surface area contributed by atoms with Crippen molar-refractivity contribution in [3.8, 4) is 5.75 Å². The van der Waals surface area contributed by atoms with Gasteiger partial charge in [0.15, 0.2) is 0 Å². The lowest BCUT2D eigenvalue weighted by Crippen LogP contribution is -2.26. The molecule has 120 valence electrons. The Morgan fingerprint density at radius 3 is 2.43 bits per heavy atom. The number of aliphatic hydroxyl groups is 1. The smallest absolute Gasteiger partial charge is 0.271 e. The molecule has 0 aliphatic rings. The highest BCUT2D eigenvalue weighted by Gasteiger charge is 2.24. The van der Waals surface area contributed by atoms with Crippen molar-refractivity contribution in [2.24, 2.45) is 11.7 Å². The fraction of sp³-hybridized carbons (Fsp3) is 0.538. The molecule has 2 atom stereocenters. The number of benzene rings is 1. The standard InChI is InChI=1S/C13H19BrN2O4.ClH/c1-7(2)3-4-11(17)12(15)9-5-8(16(19)20)6-10(14)13(9)18;/h5-7,11-12,17-18H,3-4,15H2,1-2H3;1H/t11-,12+;/m1./s1. The molecule has 6 nitrogen and oxygen atoms in total. The molecular formula is C13H20BrClN2O4. The zero-order chi connectivity index (χ0) is 15.4. The molecule has 4 N–H and O–H groups in total. The summed E-state index contributed by atoms with van der Waals surface area (Å²) in [5.74, 6) is 0.244. The summed E-state index contributed by atoms with van der Waals surface area (Å²) in [5.41, 5.74) is 5.89. The average Bonchev–Trinajstić information content (AvgIpc) is 2.37. The Morgan fingerprint density at radius 1 is 1.38 bits per heavy atom. The number of halogens is 2. The predicted octanol–water partition coefficient (Wildman–Crippen LogP) is 3.28. The van der Waals surface area contributed by atoms with Crippen LogP contribution in [0.2, 0.25) is 0 Å². The molecule has 0 radical (unpaired) electrons. The molecule has 1 aromatic carbocycles. The first-order valence-electron chi connectivity index (χ1n) is 6.34. The maximum atomic E-state index is 10.8. The van der Waals surface area contributed by atoms with Crippen LogP contribution in [0.1, 0.15) is 38.3 Å². The molecule has 0 spiro atoms. The van der Waals surface area contributed by atoms with Gasteiger partial charge in [0.05, 0.1) is 21.5 Å². The molecule has 0 aliphatic carbocycles. The van der Waals surface area contributed by atoms with E-state index in [1.54, 1.807) is 0 Å². The Labute approximate surface area is 138 Å². The molecule has 0 aromatic heterocycles. The number of non-ortho nitro benzene ring substituents is 1.